The van der Waals surface area contributed by atoms with Gasteiger partial charge in [-0.05, 0) is 23.8 Å². The normalized spacial score (nSPS) is 10.7. The molecule has 1 aromatic carbocycles. The molecule has 0 saturated carbocycles. The maximum atomic E-state index is 11.3. The number of hydrogen-bond acceptors (Lipinski definition) is 5. The number of hydrogen-bond donors (Lipinski definition) is 2. The second-order valence-corrected chi connectivity index (χ2v) is 4.26. The van der Waals surface area contributed by atoms with E-state index in [1.807, 2.05) is 0 Å². The lowest BCUT2D eigenvalue weighted by Gasteiger charge is -2.03. The van der Waals surface area contributed by atoms with Crippen molar-refractivity contribution in [2.45, 2.75) is 0 Å². The third kappa shape index (κ3) is 4.50. The van der Waals surface area contributed by atoms with Crippen molar-refractivity contribution >= 4 is 23.0 Å². The highest BCUT2D eigenvalue weighted by Crippen LogP contribution is 2.26. The molecule has 0 spiro atoms. The first kappa shape index (κ1) is 13.6. The van der Waals surface area contributed by atoms with Crippen molar-refractivity contribution in [1.82, 2.24) is 0 Å². The van der Waals surface area contributed by atoms with Gasteiger partial charge >= 0.3 is 0 Å². The van der Waals surface area contributed by atoms with Gasteiger partial charge in [0.25, 0.3) is 0 Å². The second kappa shape index (κ2) is 6.98. The fourth-order valence-corrected chi connectivity index (χ4v) is 1.61. The van der Waals surface area contributed by atoms with Gasteiger partial charge in [-0.15, -0.1) is 0 Å². The zero-order valence-electron chi connectivity index (χ0n) is 9.42. The molecule has 2 N–H and O–H groups in total. The van der Waals surface area contributed by atoms with Crippen LogP contribution < -0.4 is 4.74 Å². The summed E-state index contributed by atoms with van der Waals surface area (Å²) < 4.78 is 4.95. The Morgan fingerprint density at radius 2 is 2.29 bits per heavy atom. The van der Waals surface area contributed by atoms with Crippen LogP contribution >= 0.6 is 11.8 Å². The number of methoxy groups -OCH3 is 1. The predicted molar refractivity (Wildman–Crippen MR) is 68.2 cm³/mol. The number of aliphatic hydroxyl groups is 1. The molecule has 0 fully saturated rings. The van der Waals surface area contributed by atoms with Crippen LogP contribution in [0.1, 0.15) is 5.56 Å². The van der Waals surface area contributed by atoms with E-state index < -0.39 is 0 Å². The highest BCUT2D eigenvalue weighted by atomic mass is 32.2. The number of benzene rings is 1. The third-order valence-corrected chi connectivity index (χ3v) is 2.76. The number of rotatable bonds is 5. The summed E-state index contributed by atoms with van der Waals surface area (Å²) in [5.74, 6) is 0.815. The summed E-state index contributed by atoms with van der Waals surface area (Å²) in [5, 5.41) is 17.8. The van der Waals surface area contributed by atoms with Gasteiger partial charge in [-0.1, -0.05) is 23.9 Å². The van der Waals surface area contributed by atoms with Crippen LogP contribution in [0.4, 0.5) is 0 Å². The summed E-state index contributed by atoms with van der Waals surface area (Å²) in [4.78, 5) is 11.3. The van der Waals surface area contributed by atoms with Crippen LogP contribution in [-0.2, 0) is 4.79 Å². The third-order valence-electron chi connectivity index (χ3n) is 1.95. The van der Waals surface area contributed by atoms with Crippen LogP contribution in [0.5, 0.6) is 11.5 Å². The number of phenolic OH excluding ortho intramolecular Hbond substituents is 1. The first-order valence-corrected chi connectivity index (χ1v) is 5.98. The van der Waals surface area contributed by atoms with E-state index in [1.165, 1.54) is 19.3 Å². The molecule has 0 atom stereocenters. The first-order chi connectivity index (χ1) is 8.17. The molecule has 1 aromatic rings. The van der Waals surface area contributed by atoms with Gasteiger partial charge in [-0.25, -0.2) is 0 Å². The monoisotopic (exact) mass is 254 g/mol. The van der Waals surface area contributed by atoms with Gasteiger partial charge in [0, 0.05) is 5.75 Å². The van der Waals surface area contributed by atoms with E-state index in [-0.39, 0.29) is 17.5 Å². The Labute approximate surface area is 104 Å². The topological polar surface area (TPSA) is 66.8 Å². The van der Waals surface area contributed by atoms with E-state index in [0.717, 1.165) is 17.3 Å². The zero-order valence-corrected chi connectivity index (χ0v) is 10.2. The van der Waals surface area contributed by atoms with Gasteiger partial charge in [0.15, 0.2) is 11.5 Å². The molecular formula is C12H14O4S. The second-order valence-electron chi connectivity index (χ2n) is 3.16. The largest absolute Gasteiger partial charge is 0.504 e. The van der Waals surface area contributed by atoms with Crippen molar-refractivity contribution in [3.05, 3.63) is 29.8 Å². The Morgan fingerprint density at radius 1 is 1.53 bits per heavy atom. The number of ether oxygens (including phenoxy) is 1. The Morgan fingerprint density at radius 3 is 2.94 bits per heavy atom. The van der Waals surface area contributed by atoms with Gasteiger partial charge in [-0.2, -0.15) is 0 Å². The van der Waals surface area contributed by atoms with Gasteiger partial charge in [0.05, 0.1) is 13.7 Å². The summed E-state index contributed by atoms with van der Waals surface area (Å²) in [7, 11) is 1.46. The van der Waals surface area contributed by atoms with Crippen LogP contribution in [-0.4, -0.2) is 34.8 Å². The molecule has 4 nitrogen and oxygen atoms in total. The van der Waals surface area contributed by atoms with Crippen LogP contribution in [0, 0.1) is 0 Å². The lowest BCUT2D eigenvalue weighted by atomic mass is 10.2. The van der Waals surface area contributed by atoms with E-state index in [0.29, 0.717) is 11.5 Å². The molecule has 92 valence electrons. The summed E-state index contributed by atoms with van der Waals surface area (Å²) in [5.41, 5.74) is 0.762. The molecule has 0 heterocycles. The minimum absolute atomic E-state index is 0.0166. The van der Waals surface area contributed by atoms with E-state index >= 15 is 0 Å². The van der Waals surface area contributed by atoms with Crippen molar-refractivity contribution in [3.8, 4) is 11.5 Å². The molecule has 0 bridgehead atoms. The summed E-state index contributed by atoms with van der Waals surface area (Å²) in [6, 6.07) is 4.82. The van der Waals surface area contributed by atoms with Crippen LogP contribution in [0.3, 0.4) is 0 Å². The molecule has 0 unspecified atom stereocenters. The van der Waals surface area contributed by atoms with E-state index in [4.69, 9.17) is 9.84 Å². The fourth-order valence-electron chi connectivity index (χ4n) is 1.16. The number of aliphatic hydroxyl groups excluding tert-OH is 1. The molecule has 0 amide bonds. The first-order valence-electron chi connectivity index (χ1n) is 5.00. The van der Waals surface area contributed by atoms with Gasteiger partial charge in [0.1, 0.15) is 0 Å². The minimum Gasteiger partial charge on any atom is -0.504 e. The average molecular weight is 254 g/mol. The standard InChI is InChI=1S/C12H14O4S/c1-16-11-8-9(2-4-10(11)14)3-5-12(15)17-7-6-13/h2-5,8,13-14H,6-7H2,1H3/b5-3+. The molecular weight excluding hydrogens is 240 g/mol. The fraction of sp³-hybridized carbons (Fsp3) is 0.250. The quantitative estimate of drug-likeness (QED) is 0.782. The van der Waals surface area contributed by atoms with Crippen molar-refractivity contribution < 1.29 is 19.7 Å². The zero-order chi connectivity index (χ0) is 12.7. The summed E-state index contributed by atoms with van der Waals surface area (Å²) in [6.07, 6.45) is 3.06. The average Bonchev–Trinajstić information content (AvgIpc) is 2.35. The number of carbonyl (C=O) groups excluding carboxylic acids is 1. The molecule has 0 aromatic heterocycles. The van der Waals surface area contributed by atoms with Crippen molar-refractivity contribution in [2.24, 2.45) is 0 Å². The molecule has 5 heteroatoms. The van der Waals surface area contributed by atoms with Crippen LogP contribution in [0.15, 0.2) is 24.3 Å². The number of carbonyl (C=O) groups is 1. The van der Waals surface area contributed by atoms with Crippen LogP contribution in [0.2, 0.25) is 0 Å². The number of phenols is 1. The summed E-state index contributed by atoms with van der Waals surface area (Å²) >= 11 is 1.05. The predicted octanol–water partition coefficient (Wildman–Crippen LogP) is 1.67. The lowest BCUT2D eigenvalue weighted by Crippen LogP contribution is -1.92. The van der Waals surface area contributed by atoms with Gasteiger partial charge < -0.3 is 14.9 Å². The molecule has 17 heavy (non-hydrogen) atoms. The Hall–Kier alpha value is -1.46. The smallest absolute Gasteiger partial charge is 0.212 e. The van der Waals surface area contributed by atoms with Crippen molar-refractivity contribution in [3.63, 3.8) is 0 Å². The van der Waals surface area contributed by atoms with Crippen LogP contribution in [0.25, 0.3) is 6.08 Å². The molecule has 0 radical (unpaired) electrons. The van der Waals surface area contributed by atoms with Crippen molar-refractivity contribution in [2.75, 3.05) is 19.5 Å². The Bertz CT molecular complexity index is 415. The molecule has 1 rings (SSSR count). The highest BCUT2D eigenvalue weighted by molar-refractivity contribution is 8.14. The molecule has 0 aliphatic heterocycles. The van der Waals surface area contributed by atoms with E-state index in [9.17, 15) is 9.90 Å². The van der Waals surface area contributed by atoms with Crippen molar-refractivity contribution in [1.29, 1.82) is 0 Å². The Kier molecular flexibility index (Phi) is 5.59. The molecule has 0 aliphatic rings. The van der Waals surface area contributed by atoms with E-state index in [1.54, 1.807) is 18.2 Å². The summed E-state index contributed by atoms with van der Waals surface area (Å²) in [6.45, 7) is -0.0166. The maximum absolute atomic E-state index is 11.3. The number of aromatic hydroxyl groups is 1. The highest BCUT2D eigenvalue weighted by Gasteiger charge is 2.01. The van der Waals surface area contributed by atoms with Gasteiger partial charge in [0.2, 0.25) is 5.12 Å². The molecule has 0 aliphatic carbocycles. The Balaban J connectivity index is 2.68. The lowest BCUT2D eigenvalue weighted by molar-refractivity contribution is -0.107. The minimum atomic E-state index is -0.119. The van der Waals surface area contributed by atoms with E-state index in [2.05, 4.69) is 0 Å². The molecule has 0 saturated heterocycles. The SMILES string of the molecule is COc1cc(/C=C/C(=O)SCCO)ccc1O. The maximum Gasteiger partial charge on any atom is 0.212 e. The van der Waals surface area contributed by atoms with Gasteiger partial charge in [-0.3, -0.25) is 4.79 Å². The number of thioether (sulfide) groups is 1.